The normalized spacial score (nSPS) is 14.2. The van der Waals surface area contributed by atoms with E-state index in [-0.39, 0.29) is 18.7 Å². The molecule has 3 aromatic rings. The van der Waals surface area contributed by atoms with E-state index in [1.165, 1.54) is 0 Å². The van der Waals surface area contributed by atoms with Crippen LogP contribution in [0.5, 0.6) is 11.6 Å². The molecule has 0 aliphatic carbocycles. The lowest BCUT2D eigenvalue weighted by atomic mass is 10.2. The van der Waals surface area contributed by atoms with E-state index >= 15 is 0 Å². The van der Waals surface area contributed by atoms with Crippen LogP contribution in [0.15, 0.2) is 48.5 Å². The van der Waals surface area contributed by atoms with Crippen molar-refractivity contribution < 1.29 is 19.0 Å². The molecule has 0 saturated carbocycles. The van der Waals surface area contributed by atoms with Crippen LogP contribution in [0.1, 0.15) is 26.7 Å². The fourth-order valence-electron chi connectivity index (χ4n) is 4.14. The van der Waals surface area contributed by atoms with Crippen molar-refractivity contribution in [2.24, 2.45) is 5.92 Å². The van der Waals surface area contributed by atoms with Gasteiger partial charge in [0.2, 0.25) is 12.7 Å². The van der Waals surface area contributed by atoms with E-state index in [9.17, 15) is 4.79 Å². The van der Waals surface area contributed by atoms with Gasteiger partial charge in [0, 0.05) is 43.7 Å². The molecule has 1 saturated heterocycles. The topological polar surface area (TPSA) is 64.1 Å². The smallest absolute Gasteiger partial charge is 0.311 e. The highest BCUT2D eigenvalue weighted by atomic mass is 35.5. The Kier molecular flexibility index (Phi) is 9.72. The van der Waals surface area contributed by atoms with Crippen molar-refractivity contribution in [2.75, 3.05) is 51.0 Å². The Bertz CT molecular complexity index is 1200. The Morgan fingerprint density at radius 3 is 2.57 bits per heavy atom. The monoisotopic (exact) mass is 545 g/mol. The van der Waals surface area contributed by atoms with Gasteiger partial charge < -0.3 is 19.1 Å². The molecule has 7 nitrogen and oxygen atoms in total. The predicted octanol–water partition coefficient (Wildman–Crippen LogP) is 6.06. The first-order chi connectivity index (χ1) is 17.9. The number of aromatic nitrogens is 1. The number of benzene rings is 2. The SMILES string of the molecule is CC(C)C(=O)OCOc1ccc2ccc(OCCCCN3CCN(c4cccc(Cl)c4Cl)CC3)cc2n1. The molecule has 1 fully saturated rings. The average Bonchev–Trinajstić information content (AvgIpc) is 2.90. The molecule has 0 bridgehead atoms. The number of ether oxygens (including phenoxy) is 3. The fraction of sp³-hybridized carbons (Fsp3) is 0.429. The number of hydrogen-bond acceptors (Lipinski definition) is 7. The van der Waals surface area contributed by atoms with Gasteiger partial charge in [0.1, 0.15) is 5.75 Å². The molecule has 0 amide bonds. The van der Waals surface area contributed by atoms with Crippen molar-refractivity contribution in [2.45, 2.75) is 26.7 Å². The van der Waals surface area contributed by atoms with Crippen molar-refractivity contribution in [1.29, 1.82) is 0 Å². The minimum absolute atomic E-state index is 0.158. The Morgan fingerprint density at radius 1 is 1.00 bits per heavy atom. The zero-order chi connectivity index (χ0) is 26.2. The molecule has 0 atom stereocenters. The lowest BCUT2D eigenvalue weighted by molar-refractivity contribution is -0.154. The minimum atomic E-state index is -0.304. The number of unbranched alkanes of at least 4 members (excludes halogenated alkanes) is 1. The van der Waals surface area contributed by atoms with Crippen molar-refractivity contribution in [3.8, 4) is 11.6 Å². The molecular formula is C28H33Cl2N3O4. The van der Waals surface area contributed by atoms with Crippen LogP contribution in [0.2, 0.25) is 10.0 Å². The number of piperazine rings is 1. The maximum atomic E-state index is 11.6. The summed E-state index contributed by atoms with van der Waals surface area (Å²) in [7, 11) is 0. The highest BCUT2D eigenvalue weighted by molar-refractivity contribution is 6.43. The van der Waals surface area contributed by atoms with E-state index < -0.39 is 0 Å². The van der Waals surface area contributed by atoms with Crippen LogP contribution < -0.4 is 14.4 Å². The summed E-state index contributed by atoms with van der Waals surface area (Å²) in [4.78, 5) is 20.8. The molecule has 1 aliphatic rings. The highest BCUT2D eigenvalue weighted by Crippen LogP contribution is 2.33. The van der Waals surface area contributed by atoms with Gasteiger partial charge in [-0.3, -0.25) is 9.69 Å². The lowest BCUT2D eigenvalue weighted by Gasteiger charge is -2.36. The molecule has 0 radical (unpaired) electrons. The quantitative estimate of drug-likeness (QED) is 0.165. The van der Waals surface area contributed by atoms with E-state index in [1.807, 2.05) is 42.5 Å². The van der Waals surface area contributed by atoms with Gasteiger partial charge in [0.15, 0.2) is 0 Å². The first-order valence-electron chi connectivity index (χ1n) is 12.6. The number of hydrogen-bond donors (Lipinski definition) is 0. The van der Waals surface area contributed by atoms with E-state index in [4.69, 9.17) is 37.4 Å². The molecule has 1 aromatic heterocycles. The van der Waals surface area contributed by atoms with Crippen LogP contribution in [0.4, 0.5) is 5.69 Å². The second-order valence-electron chi connectivity index (χ2n) is 9.34. The minimum Gasteiger partial charge on any atom is -0.494 e. The van der Waals surface area contributed by atoms with Crippen molar-refractivity contribution in [1.82, 2.24) is 9.88 Å². The summed E-state index contributed by atoms with van der Waals surface area (Å²) in [6.45, 7) is 8.96. The Morgan fingerprint density at radius 2 is 1.78 bits per heavy atom. The second kappa shape index (κ2) is 13.2. The molecule has 0 spiro atoms. The van der Waals surface area contributed by atoms with Gasteiger partial charge in [-0.05, 0) is 49.7 Å². The maximum Gasteiger partial charge on any atom is 0.311 e. The van der Waals surface area contributed by atoms with E-state index in [0.29, 0.717) is 22.5 Å². The number of carbonyl (C=O) groups is 1. The summed E-state index contributed by atoms with van der Waals surface area (Å²) in [6.07, 6.45) is 2.03. The van der Waals surface area contributed by atoms with Crippen molar-refractivity contribution in [3.63, 3.8) is 0 Å². The average molecular weight is 546 g/mol. The highest BCUT2D eigenvalue weighted by Gasteiger charge is 2.19. The summed E-state index contributed by atoms with van der Waals surface area (Å²) in [5.74, 6) is 0.674. The standard InChI is InChI=1S/C28H33Cl2N3O4/c1-20(2)28(34)37-19-36-26-11-9-21-8-10-22(18-24(21)31-26)35-17-4-3-12-32-13-15-33(16-14-32)25-7-5-6-23(29)27(25)30/h5-11,18,20H,3-4,12-17,19H2,1-2H3. The van der Waals surface area contributed by atoms with Gasteiger partial charge in [0.05, 0.1) is 33.8 Å². The van der Waals surface area contributed by atoms with Gasteiger partial charge in [-0.1, -0.05) is 43.1 Å². The maximum absolute atomic E-state index is 11.6. The van der Waals surface area contributed by atoms with Gasteiger partial charge in [-0.2, -0.15) is 0 Å². The Labute approximate surface area is 228 Å². The van der Waals surface area contributed by atoms with E-state index in [0.717, 1.165) is 67.9 Å². The third-order valence-corrected chi connectivity index (χ3v) is 7.11. The van der Waals surface area contributed by atoms with E-state index in [1.54, 1.807) is 19.9 Å². The molecule has 1 aliphatic heterocycles. The lowest BCUT2D eigenvalue weighted by Crippen LogP contribution is -2.46. The molecule has 2 heterocycles. The zero-order valence-corrected chi connectivity index (χ0v) is 22.8. The first-order valence-corrected chi connectivity index (χ1v) is 13.4. The number of halogens is 2. The summed E-state index contributed by atoms with van der Waals surface area (Å²) in [5, 5.41) is 2.22. The van der Waals surface area contributed by atoms with Gasteiger partial charge in [-0.15, -0.1) is 0 Å². The molecule has 37 heavy (non-hydrogen) atoms. The van der Waals surface area contributed by atoms with Gasteiger partial charge >= 0.3 is 5.97 Å². The largest absolute Gasteiger partial charge is 0.494 e. The molecular weight excluding hydrogens is 513 g/mol. The van der Waals surface area contributed by atoms with Crippen LogP contribution in [0.3, 0.4) is 0 Å². The molecule has 198 valence electrons. The number of pyridine rings is 1. The van der Waals surface area contributed by atoms with Crippen LogP contribution >= 0.6 is 23.2 Å². The van der Waals surface area contributed by atoms with Gasteiger partial charge in [-0.25, -0.2) is 4.98 Å². The molecule has 0 N–H and O–H groups in total. The van der Waals surface area contributed by atoms with Crippen LogP contribution in [-0.2, 0) is 9.53 Å². The Balaban J connectivity index is 1.17. The van der Waals surface area contributed by atoms with Crippen LogP contribution in [-0.4, -0.2) is 62.0 Å². The third-order valence-electron chi connectivity index (χ3n) is 6.30. The number of esters is 1. The summed E-state index contributed by atoms with van der Waals surface area (Å²) < 4.78 is 16.5. The molecule has 9 heteroatoms. The summed E-state index contributed by atoms with van der Waals surface area (Å²) in [5.41, 5.74) is 1.78. The summed E-state index contributed by atoms with van der Waals surface area (Å²) in [6, 6.07) is 15.3. The van der Waals surface area contributed by atoms with E-state index in [2.05, 4.69) is 14.8 Å². The second-order valence-corrected chi connectivity index (χ2v) is 10.1. The first kappa shape index (κ1) is 27.3. The third kappa shape index (κ3) is 7.63. The Hall–Kier alpha value is -2.74. The van der Waals surface area contributed by atoms with Crippen LogP contribution in [0, 0.1) is 5.92 Å². The summed E-state index contributed by atoms with van der Waals surface area (Å²) >= 11 is 12.6. The predicted molar refractivity (Wildman–Crippen MR) is 148 cm³/mol. The molecule has 4 rings (SSSR count). The number of carbonyl (C=O) groups excluding carboxylic acids is 1. The number of fused-ring (bicyclic) bond motifs is 1. The van der Waals surface area contributed by atoms with Crippen molar-refractivity contribution in [3.05, 3.63) is 58.6 Å². The van der Waals surface area contributed by atoms with Gasteiger partial charge in [0.25, 0.3) is 0 Å². The number of nitrogens with zero attached hydrogens (tertiary/aromatic N) is 3. The molecule has 2 aromatic carbocycles. The van der Waals surface area contributed by atoms with Crippen molar-refractivity contribution >= 4 is 45.8 Å². The van der Waals surface area contributed by atoms with Crippen LogP contribution in [0.25, 0.3) is 10.9 Å². The zero-order valence-electron chi connectivity index (χ0n) is 21.3. The number of rotatable bonds is 11. The fourth-order valence-corrected chi connectivity index (χ4v) is 4.55. The molecule has 0 unspecified atom stereocenters. The number of anilines is 1.